The number of rotatable bonds is 4. The number of nitrogens with one attached hydrogen (secondary N) is 2. The number of carbonyl (C=O) groups excluding carboxylic acids is 1. The van der Waals surface area contributed by atoms with Crippen LogP contribution in [0.15, 0.2) is 54.9 Å². The smallest absolute Gasteiger partial charge is 0.252 e. The van der Waals surface area contributed by atoms with Crippen LogP contribution in [0.5, 0.6) is 0 Å². The number of benzene rings is 1. The number of carbonyl (C=O) groups is 1. The van der Waals surface area contributed by atoms with Crippen molar-refractivity contribution in [1.29, 1.82) is 0 Å². The van der Waals surface area contributed by atoms with Crippen LogP contribution in [0.3, 0.4) is 0 Å². The molecule has 134 valence electrons. The first-order chi connectivity index (χ1) is 13.2. The topological polar surface area (TPSA) is 83.6 Å². The molecule has 0 radical (unpaired) electrons. The van der Waals surface area contributed by atoms with E-state index in [1.54, 1.807) is 12.3 Å². The van der Waals surface area contributed by atoms with Crippen LogP contribution in [0.25, 0.3) is 33.8 Å². The second kappa shape index (κ2) is 7.17. The standard InChI is InChI=1S/C20H16ClN5O/c1-2-22-20(27)13-9-14(21)18(24-11-13)12-7-8-17(23-10-12)19-25-15-5-3-4-6-16(15)26-19/h3-11H,2H2,1H3,(H,22,27)(H,25,26). The summed E-state index contributed by atoms with van der Waals surface area (Å²) >= 11 is 6.33. The zero-order chi connectivity index (χ0) is 18.8. The fourth-order valence-electron chi connectivity index (χ4n) is 2.79. The molecule has 0 atom stereocenters. The third-order valence-electron chi connectivity index (χ3n) is 4.11. The van der Waals surface area contributed by atoms with Gasteiger partial charge in [-0.15, -0.1) is 0 Å². The van der Waals surface area contributed by atoms with E-state index in [0.29, 0.717) is 28.6 Å². The lowest BCUT2D eigenvalue weighted by atomic mass is 10.1. The number of H-pyrrole nitrogens is 1. The third-order valence-corrected chi connectivity index (χ3v) is 4.40. The molecule has 3 heterocycles. The van der Waals surface area contributed by atoms with E-state index in [1.807, 2.05) is 43.3 Å². The van der Waals surface area contributed by atoms with E-state index in [0.717, 1.165) is 22.3 Å². The highest BCUT2D eigenvalue weighted by Crippen LogP contribution is 2.27. The van der Waals surface area contributed by atoms with E-state index in [-0.39, 0.29) is 5.91 Å². The zero-order valence-electron chi connectivity index (χ0n) is 14.5. The van der Waals surface area contributed by atoms with Gasteiger partial charge in [0.05, 0.1) is 27.3 Å². The highest BCUT2D eigenvalue weighted by Gasteiger charge is 2.12. The SMILES string of the molecule is CCNC(=O)c1cnc(-c2ccc(-c3nc4ccccc4[nH]3)nc2)c(Cl)c1. The molecular formula is C20H16ClN5O. The van der Waals surface area contributed by atoms with Crippen molar-refractivity contribution in [2.24, 2.45) is 0 Å². The van der Waals surface area contributed by atoms with Gasteiger partial charge in [-0.25, -0.2) is 4.98 Å². The molecule has 6 nitrogen and oxygen atoms in total. The highest BCUT2D eigenvalue weighted by molar-refractivity contribution is 6.33. The lowest BCUT2D eigenvalue weighted by molar-refractivity contribution is 0.0955. The first-order valence-electron chi connectivity index (χ1n) is 8.51. The van der Waals surface area contributed by atoms with Crippen molar-refractivity contribution in [1.82, 2.24) is 25.3 Å². The van der Waals surface area contributed by atoms with Crippen molar-refractivity contribution >= 4 is 28.5 Å². The monoisotopic (exact) mass is 377 g/mol. The number of hydrogen-bond donors (Lipinski definition) is 2. The molecule has 2 N–H and O–H groups in total. The van der Waals surface area contributed by atoms with Crippen molar-refractivity contribution in [2.45, 2.75) is 6.92 Å². The average Bonchev–Trinajstić information content (AvgIpc) is 3.12. The summed E-state index contributed by atoms with van der Waals surface area (Å²) in [5, 5.41) is 3.12. The Morgan fingerprint density at radius 2 is 2.00 bits per heavy atom. The minimum atomic E-state index is -0.197. The maximum Gasteiger partial charge on any atom is 0.252 e. The second-order valence-electron chi connectivity index (χ2n) is 5.95. The molecule has 4 rings (SSSR count). The molecule has 27 heavy (non-hydrogen) atoms. The number of imidazole rings is 1. The number of fused-ring (bicyclic) bond motifs is 1. The van der Waals surface area contributed by atoms with E-state index >= 15 is 0 Å². The quantitative estimate of drug-likeness (QED) is 0.561. The van der Waals surface area contributed by atoms with Crippen LogP contribution < -0.4 is 5.32 Å². The van der Waals surface area contributed by atoms with Gasteiger partial charge in [-0.05, 0) is 37.3 Å². The Hall–Kier alpha value is -3.25. The summed E-state index contributed by atoms with van der Waals surface area (Å²) in [4.78, 5) is 28.5. The maximum absolute atomic E-state index is 11.9. The van der Waals surface area contributed by atoms with Gasteiger partial charge >= 0.3 is 0 Å². The van der Waals surface area contributed by atoms with Gasteiger partial charge in [0, 0.05) is 24.5 Å². The zero-order valence-corrected chi connectivity index (χ0v) is 15.3. The second-order valence-corrected chi connectivity index (χ2v) is 6.36. The van der Waals surface area contributed by atoms with E-state index < -0.39 is 0 Å². The molecule has 4 aromatic rings. The molecular weight excluding hydrogens is 362 g/mol. The molecule has 0 unspecified atom stereocenters. The number of para-hydroxylation sites is 2. The summed E-state index contributed by atoms with van der Waals surface area (Å²) in [5.74, 6) is 0.505. The van der Waals surface area contributed by atoms with E-state index in [4.69, 9.17) is 11.6 Å². The van der Waals surface area contributed by atoms with Crippen molar-refractivity contribution in [3.8, 4) is 22.8 Å². The molecule has 1 aromatic carbocycles. The summed E-state index contributed by atoms with van der Waals surface area (Å²) in [6.07, 6.45) is 3.21. The molecule has 0 aliphatic heterocycles. The number of aromatic nitrogens is 4. The van der Waals surface area contributed by atoms with Crippen LogP contribution in [0.4, 0.5) is 0 Å². The van der Waals surface area contributed by atoms with Gasteiger partial charge in [-0.3, -0.25) is 14.8 Å². The number of nitrogens with zero attached hydrogens (tertiary/aromatic N) is 3. The van der Waals surface area contributed by atoms with Crippen LogP contribution in [0, 0.1) is 0 Å². The number of halogens is 1. The largest absolute Gasteiger partial charge is 0.352 e. The summed E-state index contributed by atoms with van der Waals surface area (Å²) in [6, 6.07) is 13.2. The third kappa shape index (κ3) is 3.39. The summed E-state index contributed by atoms with van der Waals surface area (Å²) in [6.45, 7) is 2.40. The molecule has 0 aliphatic rings. The van der Waals surface area contributed by atoms with Gasteiger partial charge in [-0.2, -0.15) is 0 Å². The number of hydrogen-bond acceptors (Lipinski definition) is 4. The molecule has 0 saturated heterocycles. The van der Waals surface area contributed by atoms with E-state index in [1.165, 1.54) is 6.20 Å². The van der Waals surface area contributed by atoms with Gasteiger partial charge in [0.25, 0.3) is 5.91 Å². The molecule has 7 heteroatoms. The minimum Gasteiger partial charge on any atom is -0.352 e. The van der Waals surface area contributed by atoms with Crippen LogP contribution >= 0.6 is 11.6 Å². The molecule has 0 spiro atoms. The Morgan fingerprint density at radius 1 is 1.15 bits per heavy atom. The van der Waals surface area contributed by atoms with Crippen molar-refractivity contribution in [3.63, 3.8) is 0 Å². The van der Waals surface area contributed by atoms with Gasteiger partial charge in [0.1, 0.15) is 5.69 Å². The Bertz CT molecular complexity index is 1090. The fraction of sp³-hybridized carbons (Fsp3) is 0.100. The molecule has 3 aromatic heterocycles. The highest BCUT2D eigenvalue weighted by atomic mass is 35.5. The maximum atomic E-state index is 11.9. The molecule has 0 saturated carbocycles. The molecule has 0 fully saturated rings. The average molecular weight is 378 g/mol. The van der Waals surface area contributed by atoms with Gasteiger partial charge in [0.2, 0.25) is 0 Å². The summed E-state index contributed by atoms with van der Waals surface area (Å²) in [5.41, 5.74) is 4.35. The molecule has 1 amide bonds. The summed E-state index contributed by atoms with van der Waals surface area (Å²) in [7, 11) is 0. The van der Waals surface area contributed by atoms with E-state index in [2.05, 4.69) is 25.3 Å². The van der Waals surface area contributed by atoms with Crippen LogP contribution in [0.1, 0.15) is 17.3 Å². The number of aromatic amines is 1. The Kier molecular flexibility index (Phi) is 4.56. The number of pyridine rings is 2. The molecule has 0 bridgehead atoms. The summed E-state index contributed by atoms with van der Waals surface area (Å²) < 4.78 is 0. The van der Waals surface area contributed by atoms with Gasteiger partial charge in [0.15, 0.2) is 5.82 Å². The Balaban J connectivity index is 1.63. The predicted octanol–water partition coefficient (Wildman–Crippen LogP) is 4.09. The molecule has 0 aliphatic carbocycles. The van der Waals surface area contributed by atoms with Crippen molar-refractivity contribution in [2.75, 3.05) is 6.54 Å². The van der Waals surface area contributed by atoms with Crippen LogP contribution in [-0.2, 0) is 0 Å². The first-order valence-corrected chi connectivity index (χ1v) is 8.89. The normalized spacial score (nSPS) is 10.9. The van der Waals surface area contributed by atoms with E-state index in [9.17, 15) is 4.79 Å². The predicted molar refractivity (Wildman–Crippen MR) is 106 cm³/mol. The minimum absolute atomic E-state index is 0.197. The van der Waals surface area contributed by atoms with Crippen molar-refractivity contribution in [3.05, 3.63) is 65.4 Å². The van der Waals surface area contributed by atoms with Crippen LogP contribution in [-0.4, -0.2) is 32.4 Å². The Morgan fingerprint density at radius 3 is 2.70 bits per heavy atom. The lowest BCUT2D eigenvalue weighted by Crippen LogP contribution is -2.22. The lowest BCUT2D eigenvalue weighted by Gasteiger charge is -2.07. The van der Waals surface area contributed by atoms with Gasteiger partial charge in [-0.1, -0.05) is 23.7 Å². The number of amides is 1. The first kappa shape index (κ1) is 17.2. The van der Waals surface area contributed by atoms with Crippen LogP contribution in [0.2, 0.25) is 5.02 Å². The van der Waals surface area contributed by atoms with Crippen molar-refractivity contribution < 1.29 is 4.79 Å². The Labute approximate surface area is 160 Å². The fourth-order valence-corrected chi connectivity index (χ4v) is 3.06. The van der Waals surface area contributed by atoms with Gasteiger partial charge < -0.3 is 10.3 Å².